The average Bonchev–Trinajstić information content (AvgIpc) is 3.11. The molecule has 0 spiro atoms. The highest BCUT2D eigenvalue weighted by molar-refractivity contribution is 7.89. The summed E-state index contributed by atoms with van der Waals surface area (Å²) in [6, 6.07) is 7.88. The molecular weight excluding hydrogens is 342 g/mol. The average molecular weight is 367 g/mol. The van der Waals surface area contributed by atoms with Gasteiger partial charge in [0.2, 0.25) is 15.9 Å². The second-order valence-electron chi connectivity index (χ2n) is 7.01. The molecule has 2 heterocycles. The van der Waals surface area contributed by atoms with Gasteiger partial charge in [0.25, 0.3) is 0 Å². The van der Waals surface area contributed by atoms with Gasteiger partial charge in [0.1, 0.15) is 0 Å². The second-order valence-corrected chi connectivity index (χ2v) is 9.23. The van der Waals surface area contributed by atoms with Gasteiger partial charge in [-0.3, -0.25) is 9.69 Å². The molecule has 0 radical (unpaired) electrons. The molecule has 2 aliphatic rings. The zero-order chi connectivity index (χ0) is 18.2. The number of carbonyl (C=O) groups is 1. The van der Waals surface area contributed by atoms with Crippen LogP contribution < -0.4 is 4.90 Å². The summed E-state index contributed by atoms with van der Waals surface area (Å²) in [5.41, 5.74) is 2.13. The molecule has 25 heavy (non-hydrogen) atoms. The Morgan fingerprint density at radius 2 is 2.00 bits per heavy atom. The van der Waals surface area contributed by atoms with Crippen molar-refractivity contribution in [2.24, 2.45) is 5.92 Å². The van der Waals surface area contributed by atoms with Crippen molar-refractivity contribution in [2.45, 2.75) is 12.5 Å². The van der Waals surface area contributed by atoms with E-state index in [1.54, 1.807) is 4.90 Å². The second kappa shape index (κ2) is 7.03. The number of hydrogen-bond acceptors (Lipinski definition) is 5. The molecule has 2 aliphatic heterocycles. The van der Waals surface area contributed by atoms with E-state index in [4.69, 9.17) is 0 Å². The van der Waals surface area contributed by atoms with E-state index in [1.807, 2.05) is 29.2 Å². The Morgan fingerprint density at radius 3 is 2.72 bits per heavy atom. The third-order valence-electron chi connectivity index (χ3n) is 5.01. The standard InChI is InChI=1S/C17H25N3O4S/c1-18(2)25(23,24)12-14-9-19(10-16(14)21)11-17(22)20-8-7-13-5-3-4-6-15(13)20/h3-6,14,16,21H,7-12H2,1-2H3/t14-,16-/m0/s1. The molecule has 1 amide bonds. The molecule has 1 N–H and O–H groups in total. The molecule has 8 heteroatoms. The molecule has 7 nitrogen and oxygen atoms in total. The van der Waals surface area contributed by atoms with E-state index in [0.717, 1.165) is 12.1 Å². The van der Waals surface area contributed by atoms with Gasteiger partial charge in [0.15, 0.2) is 0 Å². The largest absolute Gasteiger partial charge is 0.391 e. The Balaban J connectivity index is 1.60. The van der Waals surface area contributed by atoms with E-state index in [0.29, 0.717) is 19.6 Å². The van der Waals surface area contributed by atoms with Gasteiger partial charge in [-0.1, -0.05) is 18.2 Å². The Hall–Kier alpha value is -1.48. The Bertz CT molecular complexity index is 750. The summed E-state index contributed by atoms with van der Waals surface area (Å²) in [5.74, 6) is -0.474. The number of hydrogen-bond donors (Lipinski definition) is 1. The molecule has 138 valence electrons. The summed E-state index contributed by atoms with van der Waals surface area (Å²) in [6.07, 6.45) is 0.127. The molecule has 0 saturated carbocycles. The normalized spacial score (nSPS) is 24.1. The number of benzene rings is 1. The van der Waals surface area contributed by atoms with Gasteiger partial charge >= 0.3 is 0 Å². The minimum absolute atomic E-state index is 0.00623. The number of anilines is 1. The first kappa shape index (κ1) is 18.3. The smallest absolute Gasteiger partial charge is 0.241 e. The van der Waals surface area contributed by atoms with Crippen LogP contribution in [0.4, 0.5) is 5.69 Å². The lowest BCUT2D eigenvalue weighted by Crippen LogP contribution is -2.39. The molecule has 1 aromatic rings. The zero-order valence-corrected chi connectivity index (χ0v) is 15.4. The number of sulfonamides is 1. The number of carbonyl (C=O) groups excluding carboxylic acids is 1. The topological polar surface area (TPSA) is 81.2 Å². The summed E-state index contributed by atoms with van der Waals surface area (Å²) in [4.78, 5) is 16.3. The number of para-hydroxylation sites is 1. The van der Waals surface area contributed by atoms with Crippen LogP contribution in [-0.2, 0) is 21.2 Å². The maximum Gasteiger partial charge on any atom is 0.241 e. The number of aliphatic hydroxyl groups excluding tert-OH is 1. The lowest BCUT2D eigenvalue weighted by atomic mass is 10.1. The zero-order valence-electron chi connectivity index (χ0n) is 14.6. The van der Waals surface area contributed by atoms with Crippen molar-refractivity contribution in [3.63, 3.8) is 0 Å². The van der Waals surface area contributed by atoms with Crippen LogP contribution >= 0.6 is 0 Å². The number of aliphatic hydroxyl groups is 1. The minimum Gasteiger partial charge on any atom is -0.391 e. The van der Waals surface area contributed by atoms with Crippen LogP contribution in [-0.4, -0.2) is 80.8 Å². The lowest BCUT2D eigenvalue weighted by molar-refractivity contribution is -0.119. The van der Waals surface area contributed by atoms with Gasteiger partial charge < -0.3 is 10.0 Å². The highest BCUT2D eigenvalue weighted by atomic mass is 32.2. The number of rotatable bonds is 5. The summed E-state index contributed by atoms with van der Waals surface area (Å²) < 4.78 is 25.2. The first-order valence-corrected chi connectivity index (χ1v) is 10.1. The molecule has 3 rings (SSSR count). The highest BCUT2D eigenvalue weighted by Gasteiger charge is 2.37. The Labute approximate surface area is 148 Å². The van der Waals surface area contributed by atoms with Crippen molar-refractivity contribution in [3.8, 4) is 0 Å². The summed E-state index contributed by atoms with van der Waals surface area (Å²) in [5, 5.41) is 10.2. The van der Waals surface area contributed by atoms with E-state index in [1.165, 1.54) is 24.0 Å². The lowest BCUT2D eigenvalue weighted by Gasteiger charge is -2.22. The van der Waals surface area contributed by atoms with E-state index in [2.05, 4.69) is 0 Å². The monoisotopic (exact) mass is 367 g/mol. The fourth-order valence-electron chi connectivity index (χ4n) is 3.53. The fraction of sp³-hybridized carbons (Fsp3) is 0.588. The summed E-state index contributed by atoms with van der Waals surface area (Å²) in [6.45, 7) is 1.61. The molecule has 2 atom stereocenters. The molecule has 1 aromatic carbocycles. The number of amides is 1. The predicted octanol–water partition coefficient (Wildman–Crippen LogP) is -0.240. The van der Waals surface area contributed by atoms with Crippen molar-refractivity contribution >= 4 is 21.6 Å². The van der Waals surface area contributed by atoms with Gasteiger partial charge in [-0.25, -0.2) is 12.7 Å². The predicted molar refractivity (Wildman–Crippen MR) is 95.9 cm³/mol. The molecular formula is C17H25N3O4S. The third-order valence-corrected chi connectivity index (χ3v) is 6.97. The first-order valence-electron chi connectivity index (χ1n) is 8.47. The van der Waals surface area contributed by atoms with Gasteiger partial charge in [-0.2, -0.15) is 0 Å². The molecule has 0 bridgehead atoms. The SMILES string of the molecule is CN(C)S(=O)(=O)C[C@@H]1CN(CC(=O)N2CCc3ccccc32)C[C@@H]1O. The third kappa shape index (κ3) is 3.87. The van der Waals surface area contributed by atoms with Crippen LogP contribution in [0.25, 0.3) is 0 Å². The van der Waals surface area contributed by atoms with Gasteiger partial charge in [-0.05, 0) is 18.1 Å². The van der Waals surface area contributed by atoms with Gasteiger partial charge in [0.05, 0.1) is 18.4 Å². The fourth-order valence-corrected chi connectivity index (χ4v) is 4.69. The van der Waals surface area contributed by atoms with Gasteiger partial charge in [0, 0.05) is 45.3 Å². The van der Waals surface area contributed by atoms with Crippen LogP contribution in [0.15, 0.2) is 24.3 Å². The first-order chi connectivity index (χ1) is 11.8. The Morgan fingerprint density at radius 1 is 1.28 bits per heavy atom. The van der Waals surface area contributed by atoms with Crippen LogP contribution in [0.3, 0.4) is 0 Å². The quantitative estimate of drug-likeness (QED) is 0.777. The molecule has 1 saturated heterocycles. The van der Waals surface area contributed by atoms with Crippen molar-refractivity contribution < 1.29 is 18.3 Å². The maximum atomic E-state index is 12.6. The minimum atomic E-state index is -3.37. The highest BCUT2D eigenvalue weighted by Crippen LogP contribution is 2.28. The number of β-amino-alcohol motifs (C(OH)–C–C–N with tert-alkyl or cyclic N) is 1. The number of fused-ring (bicyclic) bond motifs is 1. The molecule has 1 fully saturated rings. The van der Waals surface area contributed by atoms with Crippen LogP contribution in [0.5, 0.6) is 0 Å². The van der Waals surface area contributed by atoms with E-state index in [-0.39, 0.29) is 24.1 Å². The number of nitrogens with zero attached hydrogens (tertiary/aromatic N) is 3. The van der Waals surface area contributed by atoms with Crippen molar-refractivity contribution in [1.82, 2.24) is 9.21 Å². The van der Waals surface area contributed by atoms with Crippen LogP contribution in [0.1, 0.15) is 5.56 Å². The van der Waals surface area contributed by atoms with Crippen molar-refractivity contribution in [3.05, 3.63) is 29.8 Å². The molecule has 0 aromatic heterocycles. The summed E-state index contributed by atoms with van der Waals surface area (Å²) >= 11 is 0. The molecule has 0 unspecified atom stereocenters. The number of likely N-dealkylation sites (tertiary alicyclic amines) is 1. The molecule has 0 aliphatic carbocycles. The summed E-state index contributed by atoms with van der Waals surface area (Å²) in [7, 11) is -0.393. The maximum absolute atomic E-state index is 12.6. The van der Waals surface area contributed by atoms with Crippen molar-refractivity contribution in [1.29, 1.82) is 0 Å². The van der Waals surface area contributed by atoms with E-state index < -0.39 is 16.1 Å². The van der Waals surface area contributed by atoms with Crippen LogP contribution in [0, 0.1) is 5.92 Å². The van der Waals surface area contributed by atoms with Gasteiger partial charge in [-0.15, -0.1) is 0 Å². The van der Waals surface area contributed by atoms with E-state index in [9.17, 15) is 18.3 Å². The van der Waals surface area contributed by atoms with Crippen molar-refractivity contribution in [2.75, 3.05) is 50.9 Å². The van der Waals surface area contributed by atoms with Crippen LogP contribution in [0.2, 0.25) is 0 Å². The Kier molecular flexibility index (Phi) is 5.15. The van der Waals surface area contributed by atoms with E-state index >= 15 is 0 Å².